The maximum atomic E-state index is 17.4. The van der Waals surface area contributed by atoms with Crippen LogP contribution in [0.3, 0.4) is 0 Å². The largest absolute Gasteiger partial charge is 0.390 e. The van der Waals surface area contributed by atoms with E-state index in [1.807, 2.05) is 19.1 Å². The first kappa shape index (κ1) is 25.0. The number of hydroxylamine groups is 2. The van der Waals surface area contributed by atoms with Gasteiger partial charge in [-0.1, -0.05) is 19.1 Å². The van der Waals surface area contributed by atoms with E-state index >= 15 is 8.78 Å². The number of nitrogens with zero attached hydrogens (tertiary/aromatic N) is 2. The van der Waals surface area contributed by atoms with E-state index in [0.29, 0.717) is 19.5 Å². The van der Waals surface area contributed by atoms with Crippen molar-refractivity contribution in [1.29, 1.82) is 0 Å². The summed E-state index contributed by atoms with van der Waals surface area (Å²) in [6.07, 6.45) is 2.53. The molecule has 1 saturated heterocycles. The fourth-order valence-electron chi connectivity index (χ4n) is 8.71. The molecule has 0 spiro atoms. The van der Waals surface area contributed by atoms with Gasteiger partial charge < -0.3 is 10.2 Å². The SMILES string of the molecule is C[C@]12C=CC(=O)C=C1[C@@H](F)C[C@H]1[C@@H]3C[C@H]4CN(Cc5ccccn5)O[C@@]4(C(=O)CO)[C@@]3(C)C[C@H](O)[C@@]12F. The monoisotopic (exact) mass is 514 g/mol. The lowest BCUT2D eigenvalue weighted by Gasteiger charge is -2.63. The van der Waals surface area contributed by atoms with Crippen LogP contribution in [0.25, 0.3) is 0 Å². The lowest BCUT2D eigenvalue weighted by molar-refractivity contribution is -0.269. The second kappa shape index (κ2) is 8.09. The smallest absolute Gasteiger partial charge is 0.192 e. The Morgan fingerprint density at radius 1 is 1.27 bits per heavy atom. The first-order chi connectivity index (χ1) is 17.5. The summed E-state index contributed by atoms with van der Waals surface area (Å²) in [6.45, 7) is 3.32. The van der Waals surface area contributed by atoms with Crippen molar-refractivity contribution in [3.63, 3.8) is 0 Å². The summed E-state index contributed by atoms with van der Waals surface area (Å²) < 4.78 is 33.0. The second-order valence-corrected chi connectivity index (χ2v) is 11.8. The lowest BCUT2D eigenvalue weighted by Crippen LogP contribution is -2.70. The average molecular weight is 515 g/mol. The van der Waals surface area contributed by atoms with Gasteiger partial charge >= 0.3 is 0 Å². The van der Waals surface area contributed by atoms with Crippen LogP contribution in [0.2, 0.25) is 0 Å². The van der Waals surface area contributed by atoms with Crippen molar-refractivity contribution in [2.75, 3.05) is 13.2 Å². The Balaban J connectivity index is 1.41. The van der Waals surface area contributed by atoms with Gasteiger partial charge in [0.25, 0.3) is 0 Å². The summed E-state index contributed by atoms with van der Waals surface area (Å²) in [4.78, 5) is 36.3. The van der Waals surface area contributed by atoms with Crippen molar-refractivity contribution in [2.45, 2.75) is 63.2 Å². The topological polar surface area (TPSA) is 100.0 Å². The third-order valence-electron chi connectivity index (χ3n) is 10.3. The molecular weight excluding hydrogens is 482 g/mol. The number of aromatic nitrogens is 1. The molecular formula is C28H32F2N2O5. The van der Waals surface area contributed by atoms with Crippen molar-refractivity contribution in [3.05, 3.63) is 53.9 Å². The quantitative estimate of drug-likeness (QED) is 0.637. The minimum absolute atomic E-state index is 0.0681. The summed E-state index contributed by atoms with van der Waals surface area (Å²) in [6, 6.07) is 5.51. The number of Topliss-reactive ketones (excluding diaryl/α,β-unsaturated/α-hetero) is 1. The normalized spacial score (nSPS) is 46.6. The summed E-state index contributed by atoms with van der Waals surface area (Å²) in [5, 5.41) is 23.2. The van der Waals surface area contributed by atoms with Gasteiger partial charge in [0.2, 0.25) is 0 Å². The van der Waals surface area contributed by atoms with Crippen LogP contribution in [-0.2, 0) is 21.0 Å². The molecule has 37 heavy (non-hydrogen) atoms. The molecule has 9 heteroatoms. The zero-order valence-corrected chi connectivity index (χ0v) is 20.9. The molecule has 7 nitrogen and oxygen atoms in total. The Kier molecular flexibility index (Phi) is 5.46. The first-order valence-corrected chi connectivity index (χ1v) is 13.0. The molecule has 0 amide bonds. The molecule has 6 rings (SSSR count). The van der Waals surface area contributed by atoms with E-state index in [2.05, 4.69) is 4.98 Å². The predicted octanol–water partition coefficient (Wildman–Crippen LogP) is 2.67. The molecule has 9 atom stereocenters. The van der Waals surface area contributed by atoms with Gasteiger partial charge in [-0.15, -0.1) is 0 Å². The number of ketones is 2. The van der Waals surface area contributed by atoms with Gasteiger partial charge in [0, 0.05) is 35.4 Å². The minimum atomic E-state index is -2.22. The Bertz CT molecular complexity index is 1210. The highest BCUT2D eigenvalue weighted by molar-refractivity contribution is 6.01. The molecule has 5 aliphatic rings. The molecule has 1 aliphatic heterocycles. The van der Waals surface area contributed by atoms with Crippen molar-refractivity contribution in [1.82, 2.24) is 10.0 Å². The Labute approximate surface area is 214 Å². The molecule has 0 radical (unpaired) electrons. The molecule has 2 N–H and O–H groups in total. The van der Waals surface area contributed by atoms with Crippen molar-refractivity contribution in [2.24, 2.45) is 28.6 Å². The van der Waals surface area contributed by atoms with Crippen LogP contribution in [0.15, 0.2) is 48.2 Å². The molecule has 3 saturated carbocycles. The number of fused-ring (bicyclic) bond motifs is 7. The highest BCUT2D eigenvalue weighted by atomic mass is 19.1. The third kappa shape index (κ3) is 3.02. The van der Waals surface area contributed by atoms with Crippen LogP contribution in [-0.4, -0.2) is 68.5 Å². The van der Waals surface area contributed by atoms with Crippen LogP contribution in [0, 0.1) is 28.6 Å². The highest BCUT2D eigenvalue weighted by Gasteiger charge is 2.79. The average Bonchev–Trinajstić information content (AvgIpc) is 3.34. The van der Waals surface area contributed by atoms with E-state index in [1.165, 1.54) is 18.2 Å². The zero-order valence-electron chi connectivity index (χ0n) is 20.9. The molecule has 198 valence electrons. The third-order valence-corrected chi connectivity index (χ3v) is 10.3. The number of hydrogen-bond donors (Lipinski definition) is 2. The number of alkyl halides is 2. The van der Waals surface area contributed by atoms with Crippen LogP contribution >= 0.6 is 0 Å². The summed E-state index contributed by atoms with van der Waals surface area (Å²) in [5.74, 6) is -2.64. The van der Waals surface area contributed by atoms with Crippen molar-refractivity contribution in [3.8, 4) is 0 Å². The number of allylic oxidation sites excluding steroid dienone is 4. The fraction of sp³-hybridized carbons (Fsp3) is 0.607. The van der Waals surface area contributed by atoms with Crippen LogP contribution in [0.1, 0.15) is 38.8 Å². The van der Waals surface area contributed by atoms with E-state index in [9.17, 15) is 19.8 Å². The van der Waals surface area contributed by atoms with E-state index < -0.39 is 64.4 Å². The zero-order chi connectivity index (χ0) is 26.4. The molecule has 0 unspecified atom stereocenters. The van der Waals surface area contributed by atoms with Gasteiger partial charge in [0.1, 0.15) is 12.8 Å². The van der Waals surface area contributed by atoms with E-state index in [-0.39, 0.29) is 24.3 Å². The molecule has 1 aromatic rings. The van der Waals surface area contributed by atoms with Gasteiger partial charge in [-0.3, -0.25) is 19.4 Å². The van der Waals surface area contributed by atoms with E-state index in [4.69, 9.17) is 4.84 Å². The standard InChI is InChI=1S/C28H32F2N2O5/c1-25-7-6-18(34)10-21(25)22(29)11-20-19-9-16-13-32(14-17-5-3-4-8-31-17)37-28(16,24(36)15-33)26(19,2)12-23(35)27(20,25)30/h3-8,10,16,19-20,22-23,33,35H,9,11-15H2,1-2H3/t16-,19-,20-,22-,23-,25-,26-,27-,28-/m0/s1. The van der Waals surface area contributed by atoms with Gasteiger partial charge in [-0.05, 0) is 62.0 Å². The number of aliphatic hydroxyl groups excluding tert-OH is 2. The maximum absolute atomic E-state index is 17.4. The van der Waals surface area contributed by atoms with E-state index in [1.54, 1.807) is 24.3 Å². The Morgan fingerprint density at radius 2 is 2.05 bits per heavy atom. The van der Waals surface area contributed by atoms with Gasteiger partial charge in [-0.2, -0.15) is 5.06 Å². The summed E-state index contributed by atoms with van der Waals surface area (Å²) in [7, 11) is 0. The number of pyridine rings is 1. The minimum Gasteiger partial charge on any atom is -0.390 e. The number of halogens is 2. The number of aliphatic hydroxyl groups is 2. The number of hydrogen-bond acceptors (Lipinski definition) is 7. The molecule has 1 aromatic heterocycles. The summed E-state index contributed by atoms with van der Waals surface area (Å²) >= 11 is 0. The number of rotatable bonds is 4. The van der Waals surface area contributed by atoms with Crippen molar-refractivity contribution < 1.29 is 33.4 Å². The van der Waals surface area contributed by atoms with Crippen molar-refractivity contribution >= 4 is 11.6 Å². The Morgan fingerprint density at radius 3 is 2.76 bits per heavy atom. The van der Waals surface area contributed by atoms with Crippen LogP contribution in [0.4, 0.5) is 8.78 Å². The molecule has 4 fully saturated rings. The number of carbonyl (C=O) groups excluding carboxylic acids is 2. The Hall–Kier alpha value is -2.33. The lowest BCUT2D eigenvalue weighted by atomic mass is 9.44. The molecule has 0 bridgehead atoms. The summed E-state index contributed by atoms with van der Waals surface area (Å²) in [5.41, 5.74) is -5.40. The number of carbonyl (C=O) groups is 2. The maximum Gasteiger partial charge on any atom is 0.192 e. The first-order valence-electron chi connectivity index (χ1n) is 13.0. The highest BCUT2D eigenvalue weighted by Crippen LogP contribution is 2.72. The predicted molar refractivity (Wildman–Crippen MR) is 128 cm³/mol. The molecule has 0 aromatic carbocycles. The molecule has 2 heterocycles. The van der Waals surface area contributed by atoms with E-state index in [0.717, 1.165) is 5.69 Å². The van der Waals surface area contributed by atoms with Crippen LogP contribution in [0.5, 0.6) is 0 Å². The fourth-order valence-corrected chi connectivity index (χ4v) is 8.71. The van der Waals surface area contributed by atoms with Crippen LogP contribution < -0.4 is 0 Å². The molecule has 4 aliphatic carbocycles. The van der Waals surface area contributed by atoms with Gasteiger partial charge in [0.15, 0.2) is 22.8 Å². The van der Waals surface area contributed by atoms with Gasteiger partial charge in [-0.25, -0.2) is 8.78 Å². The second-order valence-electron chi connectivity index (χ2n) is 11.8. The van der Waals surface area contributed by atoms with Gasteiger partial charge in [0.05, 0.1) is 18.3 Å².